The van der Waals surface area contributed by atoms with Crippen molar-refractivity contribution in [3.05, 3.63) is 65.7 Å². The molecule has 0 radical (unpaired) electrons. The number of amides is 1. The molecule has 0 spiro atoms. The topological polar surface area (TPSA) is 35.6 Å². The molecule has 25 heavy (non-hydrogen) atoms. The van der Waals surface area contributed by atoms with Crippen LogP contribution >= 0.6 is 0 Å². The molecule has 1 aliphatic rings. The molecular formula is C21H27N3O. The molecule has 0 aromatic heterocycles. The standard InChI is InChI=1S/C21H27N3O/c1-4-23(5-2)15-16-24-19-14-10-9-13-18(19)21(22-3,20(24)25)17-11-7-6-8-12-17/h6-14,22H,4-5,15-16H2,1-3H3. The van der Waals surface area contributed by atoms with E-state index in [9.17, 15) is 4.79 Å². The number of fused-ring (bicyclic) bond motifs is 1. The van der Waals surface area contributed by atoms with Crippen molar-refractivity contribution < 1.29 is 4.79 Å². The normalized spacial score (nSPS) is 19.5. The molecule has 0 saturated carbocycles. The van der Waals surface area contributed by atoms with Gasteiger partial charge in [0.15, 0.2) is 5.54 Å². The van der Waals surface area contributed by atoms with Gasteiger partial charge in [-0.3, -0.25) is 10.1 Å². The molecule has 1 amide bonds. The zero-order valence-electron chi connectivity index (χ0n) is 15.3. The number of benzene rings is 2. The molecule has 1 heterocycles. The number of para-hydroxylation sites is 1. The Morgan fingerprint density at radius 1 is 1.00 bits per heavy atom. The summed E-state index contributed by atoms with van der Waals surface area (Å²) in [4.78, 5) is 17.8. The maximum Gasteiger partial charge on any atom is 0.256 e. The molecular weight excluding hydrogens is 310 g/mol. The van der Waals surface area contributed by atoms with Crippen LogP contribution in [-0.4, -0.2) is 44.0 Å². The summed E-state index contributed by atoms with van der Waals surface area (Å²) >= 11 is 0. The molecule has 3 rings (SSSR count). The molecule has 4 heteroatoms. The Morgan fingerprint density at radius 3 is 2.28 bits per heavy atom. The molecule has 1 unspecified atom stereocenters. The second-order valence-corrected chi connectivity index (χ2v) is 6.37. The molecule has 2 aromatic rings. The number of hydrogen-bond acceptors (Lipinski definition) is 3. The molecule has 0 aliphatic carbocycles. The summed E-state index contributed by atoms with van der Waals surface area (Å²) in [5, 5.41) is 3.34. The highest BCUT2D eigenvalue weighted by Crippen LogP contribution is 2.43. The van der Waals surface area contributed by atoms with E-state index in [2.05, 4.69) is 36.2 Å². The fraction of sp³-hybridized carbons (Fsp3) is 0.381. The second-order valence-electron chi connectivity index (χ2n) is 6.37. The zero-order chi connectivity index (χ0) is 17.9. The summed E-state index contributed by atoms with van der Waals surface area (Å²) in [6, 6.07) is 18.1. The van der Waals surface area contributed by atoms with Crippen LogP contribution in [0.3, 0.4) is 0 Å². The molecule has 0 bridgehead atoms. The van der Waals surface area contributed by atoms with Crippen LogP contribution in [0.4, 0.5) is 5.69 Å². The van der Waals surface area contributed by atoms with E-state index < -0.39 is 5.54 Å². The minimum absolute atomic E-state index is 0.106. The van der Waals surface area contributed by atoms with Gasteiger partial charge in [-0.1, -0.05) is 62.4 Å². The quantitative estimate of drug-likeness (QED) is 0.844. The molecule has 1 N–H and O–H groups in total. The van der Waals surface area contributed by atoms with Gasteiger partial charge in [-0.2, -0.15) is 0 Å². The number of hydrogen-bond donors (Lipinski definition) is 1. The third-order valence-corrected chi connectivity index (χ3v) is 5.28. The fourth-order valence-electron chi connectivity index (χ4n) is 3.81. The van der Waals surface area contributed by atoms with Crippen LogP contribution in [0.25, 0.3) is 0 Å². The lowest BCUT2D eigenvalue weighted by Crippen LogP contribution is -2.51. The predicted octanol–water partition coefficient (Wildman–Crippen LogP) is 2.84. The number of anilines is 1. The summed E-state index contributed by atoms with van der Waals surface area (Å²) in [7, 11) is 1.87. The number of likely N-dealkylation sites (N-methyl/N-ethyl adjacent to an activating group) is 2. The maximum absolute atomic E-state index is 13.6. The van der Waals surface area contributed by atoms with E-state index in [0.717, 1.165) is 36.4 Å². The van der Waals surface area contributed by atoms with Crippen molar-refractivity contribution in [3.8, 4) is 0 Å². The first kappa shape index (κ1) is 17.6. The van der Waals surface area contributed by atoms with Crippen LogP contribution in [0, 0.1) is 0 Å². The lowest BCUT2D eigenvalue weighted by molar-refractivity contribution is -0.122. The maximum atomic E-state index is 13.6. The Bertz CT molecular complexity index is 727. The molecule has 132 valence electrons. The molecule has 4 nitrogen and oxygen atoms in total. The Hall–Kier alpha value is -2.17. The van der Waals surface area contributed by atoms with Crippen molar-refractivity contribution in [2.75, 3.05) is 38.1 Å². The van der Waals surface area contributed by atoms with Crippen molar-refractivity contribution in [3.63, 3.8) is 0 Å². The second kappa shape index (κ2) is 7.38. The van der Waals surface area contributed by atoms with E-state index in [1.807, 2.05) is 54.4 Å². The van der Waals surface area contributed by atoms with E-state index in [4.69, 9.17) is 0 Å². The minimum atomic E-state index is -0.804. The highest BCUT2D eigenvalue weighted by Gasteiger charge is 2.50. The van der Waals surface area contributed by atoms with Gasteiger partial charge in [0, 0.05) is 24.3 Å². The first-order valence-electron chi connectivity index (χ1n) is 9.07. The summed E-state index contributed by atoms with van der Waals surface area (Å²) in [5.41, 5.74) is 2.23. The van der Waals surface area contributed by atoms with E-state index in [1.165, 1.54) is 0 Å². The third kappa shape index (κ3) is 2.86. The Labute approximate surface area is 150 Å². The van der Waals surface area contributed by atoms with Gasteiger partial charge >= 0.3 is 0 Å². The monoisotopic (exact) mass is 337 g/mol. The Balaban J connectivity index is 2.03. The largest absolute Gasteiger partial charge is 0.309 e. The van der Waals surface area contributed by atoms with Crippen molar-refractivity contribution >= 4 is 11.6 Å². The molecule has 2 aromatic carbocycles. The van der Waals surface area contributed by atoms with Gasteiger partial charge in [0.05, 0.1) is 0 Å². The van der Waals surface area contributed by atoms with Crippen LogP contribution in [-0.2, 0) is 10.3 Å². The summed E-state index contributed by atoms with van der Waals surface area (Å²) in [6.45, 7) is 7.89. The van der Waals surface area contributed by atoms with E-state index in [0.29, 0.717) is 6.54 Å². The number of carbonyl (C=O) groups excluding carboxylic acids is 1. The van der Waals surface area contributed by atoms with Gasteiger partial charge in [0.1, 0.15) is 0 Å². The summed E-state index contributed by atoms with van der Waals surface area (Å²) in [5.74, 6) is 0.106. The Kier molecular flexibility index (Phi) is 5.21. The average Bonchev–Trinajstić information content (AvgIpc) is 2.92. The lowest BCUT2D eigenvalue weighted by Gasteiger charge is -2.29. The third-order valence-electron chi connectivity index (χ3n) is 5.28. The van der Waals surface area contributed by atoms with Crippen molar-refractivity contribution in [2.24, 2.45) is 0 Å². The van der Waals surface area contributed by atoms with Crippen LogP contribution < -0.4 is 10.2 Å². The van der Waals surface area contributed by atoms with Crippen LogP contribution in [0.15, 0.2) is 54.6 Å². The van der Waals surface area contributed by atoms with E-state index >= 15 is 0 Å². The smallest absolute Gasteiger partial charge is 0.256 e. The van der Waals surface area contributed by atoms with Crippen molar-refractivity contribution in [1.82, 2.24) is 10.2 Å². The molecule has 0 fully saturated rings. The summed E-state index contributed by atoms with van der Waals surface area (Å²) < 4.78 is 0. The van der Waals surface area contributed by atoms with E-state index in [-0.39, 0.29) is 5.91 Å². The minimum Gasteiger partial charge on any atom is -0.309 e. The van der Waals surface area contributed by atoms with Crippen LogP contribution in [0.5, 0.6) is 0 Å². The number of rotatable bonds is 7. The highest BCUT2D eigenvalue weighted by molar-refractivity contribution is 6.10. The number of nitrogens with zero attached hydrogens (tertiary/aromatic N) is 2. The first-order chi connectivity index (χ1) is 12.2. The van der Waals surface area contributed by atoms with Gasteiger partial charge in [0.2, 0.25) is 0 Å². The lowest BCUT2D eigenvalue weighted by atomic mass is 9.84. The van der Waals surface area contributed by atoms with E-state index in [1.54, 1.807) is 0 Å². The molecule has 0 saturated heterocycles. The average molecular weight is 337 g/mol. The van der Waals surface area contributed by atoms with Gasteiger partial charge in [-0.05, 0) is 31.8 Å². The van der Waals surface area contributed by atoms with Gasteiger partial charge < -0.3 is 9.80 Å². The van der Waals surface area contributed by atoms with Crippen LogP contribution in [0.1, 0.15) is 25.0 Å². The molecule has 1 atom stereocenters. The van der Waals surface area contributed by atoms with Crippen molar-refractivity contribution in [2.45, 2.75) is 19.4 Å². The summed E-state index contributed by atoms with van der Waals surface area (Å²) in [6.07, 6.45) is 0. The van der Waals surface area contributed by atoms with Gasteiger partial charge in [-0.15, -0.1) is 0 Å². The van der Waals surface area contributed by atoms with Gasteiger partial charge in [0.25, 0.3) is 5.91 Å². The van der Waals surface area contributed by atoms with Crippen molar-refractivity contribution in [1.29, 1.82) is 0 Å². The predicted molar refractivity (Wildman–Crippen MR) is 103 cm³/mol. The zero-order valence-corrected chi connectivity index (χ0v) is 15.3. The van der Waals surface area contributed by atoms with Crippen LogP contribution in [0.2, 0.25) is 0 Å². The number of carbonyl (C=O) groups is 1. The fourth-order valence-corrected chi connectivity index (χ4v) is 3.81. The molecule has 1 aliphatic heterocycles. The highest BCUT2D eigenvalue weighted by atomic mass is 16.2. The Morgan fingerprint density at radius 2 is 1.64 bits per heavy atom. The number of nitrogens with one attached hydrogen (secondary N) is 1. The van der Waals surface area contributed by atoms with Gasteiger partial charge in [-0.25, -0.2) is 0 Å². The SMILES string of the molecule is CCN(CC)CCN1C(=O)C(NC)(c2ccccc2)c2ccccc21. The first-order valence-corrected chi connectivity index (χ1v) is 9.07.